The molecule has 0 aliphatic rings. The molecule has 0 spiro atoms. The van der Waals surface area contributed by atoms with Gasteiger partial charge in [0.1, 0.15) is 6.04 Å². The highest BCUT2D eigenvalue weighted by Crippen LogP contribution is 2.09. The molecule has 1 aromatic carbocycles. The second-order valence-electron chi connectivity index (χ2n) is 3.11. The third kappa shape index (κ3) is 3.40. The maximum Gasteiger partial charge on any atom is 0.320 e. The second-order valence-corrected chi connectivity index (χ2v) is 3.11. The van der Waals surface area contributed by atoms with Crippen LogP contribution in [0.15, 0.2) is 24.3 Å². The fourth-order valence-electron chi connectivity index (χ4n) is 1.15. The number of carboxylic acids is 1. The van der Waals surface area contributed by atoms with Crippen LogP contribution in [0.25, 0.3) is 0 Å². The van der Waals surface area contributed by atoms with Crippen molar-refractivity contribution in [2.75, 3.05) is 5.32 Å². The molecule has 0 fully saturated rings. The van der Waals surface area contributed by atoms with E-state index in [1.165, 1.54) is 0 Å². The molecule has 5 heteroatoms. The SMILES string of the molecule is N[C@@H](Cc1ccc(NC=O)cc1)C(=O)O. The van der Waals surface area contributed by atoms with Gasteiger partial charge >= 0.3 is 5.97 Å². The summed E-state index contributed by atoms with van der Waals surface area (Å²) in [7, 11) is 0. The van der Waals surface area contributed by atoms with Crippen LogP contribution >= 0.6 is 0 Å². The molecule has 0 heterocycles. The maximum absolute atomic E-state index is 10.5. The number of aliphatic carboxylic acids is 1. The third-order valence-corrected chi connectivity index (χ3v) is 1.95. The molecule has 1 rings (SSSR count). The molecule has 0 saturated carbocycles. The lowest BCUT2D eigenvalue weighted by atomic mass is 10.1. The van der Waals surface area contributed by atoms with Crippen LogP contribution in [-0.4, -0.2) is 23.5 Å². The molecule has 1 atom stereocenters. The van der Waals surface area contributed by atoms with Gasteiger partial charge in [0, 0.05) is 5.69 Å². The van der Waals surface area contributed by atoms with Gasteiger partial charge < -0.3 is 16.2 Å². The quantitative estimate of drug-likeness (QED) is 0.603. The first kappa shape index (κ1) is 11.2. The Kier molecular flexibility index (Phi) is 3.82. The lowest BCUT2D eigenvalue weighted by Gasteiger charge is -2.06. The maximum atomic E-state index is 10.5. The third-order valence-electron chi connectivity index (χ3n) is 1.95. The first-order chi connectivity index (χ1) is 7.13. The number of hydrogen-bond donors (Lipinski definition) is 3. The minimum absolute atomic E-state index is 0.275. The lowest BCUT2D eigenvalue weighted by molar-refractivity contribution is -0.138. The minimum Gasteiger partial charge on any atom is -0.480 e. The van der Waals surface area contributed by atoms with Crippen molar-refractivity contribution in [1.82, 2.24) is 0 Å². The largest absolute Gasteiger partial charge is 0.480 e. The van der Waals surface area contributed by atoms with Crippen molar-refractivity contribution in [3.63, 3.8) is 0 Å². The Morgan fingerprint density at radius 3 is 2.53 bits per heavy atom. The normalized spacial score (nSPS) is 11.8. The van der Waals surface area contributed by atoms with Crippen molar-refractivity contribution in [3.8, 4) is 0 Å². The van der Waals surface area contributed by atoms with Gasteiger partial charge in [0.05, 0.1) is 0 Å². The van der Waals surface area contributed by atoms with Crippen LogP contribution in [0.2, 0.25) is 0 Å². The van der Waals surface area contributed by atoms with Crippen molar-refractivity contribution in [2.24, 2.45) is 5.73 Å². The zero-order chi connectivity index (χ0) is 11.3. The Morgan fingerprint density at radius 1 is 1.47 bits per heavy atom. The Balaban J connectivity index is 2.64. The first-order valence-corrected chi connectivity index (χ1v) is 4.41. The van der Waals surface area contributed by atoms with Gasteiger partial charge in [-0.05, 0) is 24.1 Å². The van der Waals surface area contributed by atoms with Gasteiger partial charge in [0.2, 0.25) is 6.41 Å². The number of carboxylic acid groups (broad SMARTS) is 1. The summed E-state index contributed by atoms with van der Waals surface area (Å²) in [5.41, 5.74) is 6.86. The summed E-state index contributed by atoms with van der Waals surface area (Å²) in [6.45, 7) is 0. The van der Waals surface area contributed by atoms with E-state index in [1.54, 1.807) is 24.3 Å². The van der Waals surface area contributed by atoms with Crippen LogP contribution in [0, 0.1) is 0 Å². The molecule has 0 aromatic heterocycles. The summed E-state index contributed by atoms with van der Waals surface area (Å²) < 4.78 is 0. The Bertz CT molecular complexity index is 348. The summed E-state index contributed by atoms with van der Waals surface area (Å²) in [6, 6.07) is 5.95. The molecular weight excluding hydrogens is 196 g/mol. The molecular formula is C10H12N2O3. The van der Waals surface area contributed by atoms with Crippen molar-refractivity contribution < 1.29 is 14.7 Å². The van der Waals surface area contributed by atoms with Crippen LogP contribution in [0.3, 0.4) is 0 Å². The van der Waals surface area contributed by atoms with Crippen molar-refractivity contribution in [2.45, 2.75) is 12.5 Å². The lowest BCUT2D eigenvalue weighted by Crippen LogP contribution is -2.32. The van der Waals surface area contributed by atoms with E-state index in [2.05, 4.69) is 5.32 Å². The standard InChI is InChI=1S/C10H12N2O3/c11-9(10(14)15)5-7-1-3-8(4-2-7)12-6-13/h1-4,6,9H,5,11H2,(H,12,13)(H,14,15)/t9-/m0/s1. The molecule has 0 aliphatic heterocycles. The molecule has 4 N–H and O–H groups in total. The molecule has 1 aromatic rings. The van der Waals surface area contributed by atoms with Crippen molar-refractivity contribution >= 4 is 18.1 Å². The van der Waals surface area contributed by atoms with Gasteiger partial charge in [0.25, 0.3) is 0 Å². The Morgan fingerprint density at radius 2 is 2.07 bits per heavy atom. The zero-order valence-corrected chi connectivity index (χ0v) is 8.01. The van der Waals surface area contributed by atoms with Crippen LogP contribution in [0.1, 0.15) is 5.56 Å². The van der Waals surface area contributed by atoms with Gasteiger partial charge in [-0.25, -0.2) is 0 Å². The van der Waals surface area contributed by atoms with E-state index in [0.717, 1.165) is 5.56 Å². The topological polar surface area (TPSA) is 92.4 Å². The van der Waals surface area contributed by atoms with Gasteiger partial charge in [-0.15, -0.1) is 0 Å². The van der Waals surface area contributed by atoms with E-state index >= 15 is 0 Å². The molecule has 1 amide bonds. The highest BCUT2D eigenvalue weighted by Gasteiger charge is 2.11. The van der Waals surface area contributed by atoms with E-state index in [1.807, 2.05) is 0 Å². The fourth-order valence-corrected chi connectivity index (χ4v) is 1.15. The number of benzene rings is 1. The summed E-state index contributed by atoms with van der Waals surface area (Å²) in [5.74, 6) is -1.02. The molecule has 0 radical (unpaired) electrons. The first-order valence-electron chi connectivity index (χ1n) is 4.41. The molecule has 0 aliphatic carbocycles. The van der Waals surface area contributed by atoms with Gasteiger partial charge in [-0.3, -0.25) is 9.59 Å². The van der Waals surface area contributed by atoms with Crippen LogP contribution in [-0.2, 0) is 16.0 Å². The molecule has 0 bridgehead atoms. The molecule has 15 heavy (non-hydrogen) atoms. The highest BCUT2D eigenvalue weighted by molar-refractivity contribution is 5.74. The van der Waals surface area contributed by atoms with Crippen molar-refractivity contribution in [1.29, 1.82) is 0 Å². The van der Waals surface area contributed by atoms with Crippen LogP contribution in [0.5, 0.6) is 0 Å². The summed E-state index contributed by atoms with van der Waals surface area (Å²) in [5, 5.41) is 11.1. The van der Waals surface area contributed by atoms with E-state index in [0.29, 0.717) is 12.1 Å². The Labute approximate surface area is 86.9 Å². The smallest absolute Gasteiger partial charge is 0.320 e. The number of nitrogens with two attached hydrogens (primary N) is 1. The van der Waals surface area contributed by atoms with E-state index in [-0.39, 0.29) is 6.42 Å². The summed E-state index contributed by atoms with van der Waals surface area (Å²) in [6.07, 6.45) is 0.856. The predicted octanol–water partition coefficient (Wildman–Crippen LogP) is 0.209. The van der Waals surface area contributed by atoms with Gasteiger partial charge in [-0.2, -0.15) is 0 Å². The number of amides is 1. The minimum atomic E-state index is -1.02. The second kappa shape index (κ2) is 5.11. The van der Waals surface area contributed by atoms with E-state index in [4.69, 9.17) is 10.8 Å². The van der Waals surface area contributed by atoms with Crippen LogP contribution < -0.4 is 11.1 Å². The van der Waals surface area contributed by atoms with Crippen molar-refractivity contribution in [3.05, 3.63) is 29.8 Å². The predicted molar refractivity (Wildman–Crippen MR) is 55.4 cm³/mol. The van der Waals surface area contributed by atoms with E-state index < -0.39 is 12.0 Å². The summed E-state index contributed by atoms with van der Waals surface area (Å²) in [4.78, 5) is 20.6. The molecule has 0 unspecified atom stereocenters. The van der Waals surface area contributed by atoms with Gasteiger partial charge in [-0.1, -0.05) is 12.1 Å². The average molecular weight is 208 g/mol. The number of carbonyl (C=O) groups excluding carboxylic acids is 1. The van der Waals surface area contributed by atoms with E-state index in [9.17, 15) is 9.59 Å². The number of rotatable bonds is 5. The zero-order valence-electron chi connectivity index (χ0n) is 8.01. The number of anilines is 1. The Hall–Kier alpha value is -1.88. The fraction of sp³-hybridized carbons (Fsp3) is 0.200. The average Bonchev–Trinajstić information content (AvgIpc) is 2.21. The van der Waals surface area contributed by atoms with Gasteiger partial charge in [0.15, 0.2) is 0 Å². The highest BCUT2D eigenvalue weighted by atomic mass is 16.4. The molecule has 5 nitrogen and oxygen atoms in total. The number of carbonyl (C=O) groups is 2. The number of nitrogens with one attached hydrogen (secondary N) is 1. The summed E-state index contributed by atoms with van der Waals surface area (Å²) >= 11 is 0. The molecule has 80 valence electrons. The monoisotopic (exact) mass is 208 g/mol. The number of hydrogen-bond acceptors (Lipinski definition) is 3. The molecule has 0 saturated heterocycles. The van der Waals surface area contributed by atoms with Crippen LogP contribution in [0.4, 0.5) is 5.69 Å².